The van der Waals surface area contributed by atoms with Crippen molar-refractivity contribution >= 4 is 39.7 Å². The second-order valence-electron chi connectivity index (χ2n) is 8.29. The normalized spacial score (nSPS) is 20.0. The average Bonchev–Trinajstić information content (AvgIpc) is 3.02. The van der Waals surface area contributed by atoms with E-state index in [1.807, 2.05) is 25.2 Å². The molecule has 2 heterocycles. The Morgan fingerprint density at radius 2 is 1.73 bits per heavy atom. The topological polar surface area (TPSA) is 26.8 Å². The molecule has 4 nitrogen and oxygen atoms in total. The lowest BCUT2D eigenvalue weighted by Gasteiger charge is -2.34. The molecule has 0 radical (unpaired) electrons. The molecular weight excluding hydrogens is 437 g/mol. The molecule has 1 saturated heterocycles. The first-order chi connectivity index (χ1) is 14.5. The van der Waals surface area contributed by atoms with Gasteiger partial charge in [-0.25, -0.2) is 0 Å². The first-order valence-electron chi connectivity index (χ1n) is 10.6. The fraction of sp³-hybridized carbons (Fsp3) is 0.478. The molecule has 2 aliphatic heterocycles. The van der Waals surface area contributed by atoms with Gasteiger partial charge in [0.25, 0.3) is 0 Å². The van der Waals surface area contributed by atoms with E-state index >= 15 is 0 Å². The van der Waals surface area contributed by atoms with Gasteiger partial charge in [0.1, 0.15) is 0 Å². The van der Waals surface area contributed by atoms with E-state index in [2.05, 4.69) is 32.9 Å². The van der Waals surface area contributed by atoms with E-state index in [1.54, 1.807) is 0 Å². The Kier molecular flexibility index (Phi) is 7.37. The van der Waals surface area contributed by atoms with Gasteiger partial charge in [-0.1, -0.05) is 35.3 Å². The number of anilines is 1. The number of piperazine rings is 1. The van der Waals surface area contributed by atoms with Gasteiger partial charge in [0.15, 0.2) is 0 Å². The molecule has 1 atom stereocenters. The SMILES string of the molecule is CN1CS(=O)c2cc(CCCCN3CCN(Cc4ccc(Cl)cc4Cl)CC3)ccc21. The van der Waals surface area contributed by atoms with E-state index in [-0.39, 0.29) is 0 Å². The van der Waals surface area contributed by atoms with Crippen molar-refractivity contribution in [3.05, 3.63) is 57.6 Å². The largest absolute Gasteiger partial charge is 0.361 e. The smallest absolute Gasteiger partial charge is 0.0982 e. The number of hydrogen-bond donors (Lipinski definition) is 0. The zero-order valence-corrected chi connectivity index (χ0v) is 19.8. The number of nitrogens with zero attached hydrogens (tertiary/aromatic N) is 3. The number of aryl methyl sites for hydroxylation is 1. The van der Waals surface area contributed by atoms with Crippen molar-refractivity contribution in [3.8, 4) is 0 Å². The van der Waals surface area contributed by atoms with Crippen LogP contribution in [0.3, 0.4) is 0 Å². The summed E-state index contributed by atoms with van der Waals surface area (Å²) in [6.45, 7) is 6.39. The molecule has 30 heavy (non-hydrogen) atoms. The van der Waals surface area contributed by atoms with Crippen molar-refractivity contribution in [1.29, 1.82) is 0 Å². The summed E-state index contributed by atoms with van der Waals surface area (Å²) in [6.07, 6.45) is 3.42. The van der Waals surface area contributed by atoms with Crippen molar-refractivity contribution in [2.75, 3.05) is 50.5 Å². The van der Waals surface area contributed by atoms with Gasteiger partial charge in [0.2, 0.25) is 0 Å². The van der Waals surface area contributed by atoms with Gasteiger partial charge in [-0.15, -0.1) is 0 Å². The molecule has 162 valence electrons. The highest BCUT2D eigenvalue weighted by molar-refractivity contribution is 7.85. The van der Waals surface area contributed by atoms with Crippen molar-refractivity contribution in [1.82, 2.24) is 9.80 Å². The minimum Gasteiger partial charge on any atom is -0.361 e. The first kappa shape index (κ1) is 22.1. The third-order valence-electron chi connectivity index (χ3n) is 6.06. The van der Waals surface area contributed by atoms with E-state index in [0.717, 1.165) is 66.9 Å². The van der Waals surface area contributed by atoms with Crippen LogP contribution in [-0.4, -0.2) is 59.7 Å². The lowest BCUT2D eigenvalue weighted by Crippen LogP contribution is -2.46. The van der Waals surface area contributed by atoms with Crippen molar-refractivity contribution in [2.24, 2.45) is 0 Å². The molecule has 0 saturated carbocycles. The summed E-state index contributed by atoms with van der Waals surface area (Å²) in [5.41, 5.74) is 3.58. The van der Waals surface area contributed by atoms with Crippen molar-refractivity contribution in [3.63, 3.8) is 0 Å². The molecule has 2 aliphatic rings. The summed E-state index contributed by atoms with van der Waals surface area (Å²) in [5, 5.41) is 1.45. The summed E-state index contributed by atoms with van der Waals surface area (Å²) in [5.74, 6) is 0.620. The number of fused-ring (bicyclic) bond motifs is 1. The maximum atomic E-state index is 12.2. The van der Waals surface area contributed by atoms with Crippen LogP contribution in [0.4, 0.5) is 5.69 Å². The number of halogens is 2. The monoisotopic (exact) mass is 465 g/mol. The summed E-state index contributed by atoms with van der Waals surface area (Å²) < 4.78 is 12.2. The maximum Gasteiger partial charge on any atom is 0.0982 e. The zero-order valence-electron chi connectivity index (χ0n) is 17.4. The molecule has 0 bridgehead atoms. The quantitative estimate of drug-likeness (QED) is 0.556. The minimum atomic E-state index is -0.872. The number of unbranched alkanes of at least 4 members (excludes halogenated alkanes) is 1. The van der Waals surface area contributed by atoms with Gasteiger partial charge in [-0.3, -0.25) is 9.11 Å². The fourth-order valence-corrected chi connectivity index (χ4v) is 6.09. The highest BCUT2D eigenvalue weighted by atomic mass is 35.5. The van der Waals surface area contributed by atoms with Gasteiger partial charge < -0.3 is 9.80 Å². The molecule has 0 spiro atoms. The Morgan fingerprint density at radius 1 is 0.967 bits per heavy atom. The second kappa shape index (κ2) is 10.0. The lowest BCUT2D eigenvalue weighted by molar-refractivity contribution is 0.126. The number of benzene rings is 2. The molecule has 1 unspecified atom stereocenters. The predicted molar refractivity (Wildman–Crippen MR) is 127 cm³/mol. The van der Waals surface area contributed by atoms with Crippen LogP contribution >= 0.6 is 23.2 Å². The third kappa shape index (κ3) is 5.38. The Balaban J connectivity index is 1.17. The molecule has 4 rings (SSSR count). The van der Waals surface area contributed by atoms with Crippen LogP contribution in [0.1, 0.15) is 24.0 Å². The van der Waals surface area contributed by atoms with E-state index in [0.29, 0.717) is 10.9 Å². The average molecular weight is 466 g/mol. The fourth-order valence-electron chi connectivity index (χ4n) is 4.25. The lowest BCUT2D eigenvalue weighted by atomic mass is 10.1. The molecule has 0 aromatic heterocycles. The minimum absolute atomic E-state index is 0.620. The van der Waals surface area contributed by atoms with Crippen LogP contribution in [0.2, 0.25) is 10.0 Å². The van der Waals surface area contributed by atoms with Gasteiger partial charge >= 0.3 is 0 Å². The number of hydrogen-bond acceptors (Lipinski definition) is 4. The summed E-state index contributed by atoms with van der Waals surface area (Å²) in [6, 6.07) is 12.2. The number of rotatable bonds is 7. The second-order valence-corrected chi connectivity index (χ2v) is 10.5. The Bertz CT molecular complexity index is 915. The van der Waals surface area contributed by atoms with Crippen LogP contribution in [0.5, 0.6) is 0 Å². The van der Waals surface area contributed by atoms with Crippen LogP contribution in [0.25, 0.3) is 0 Å². The van der Waals surface area contributed by atoms with Crippen LogP contribution in [-0.2, 0) is 23.8 Å². The van der Waals surface area contributed by atoms with E-state index < -0.39 is 10.8 Å². The standard InChI is InChI=1S/C23H29Cl2N3OS/c1-26-17-30(29)23-14-18(5-8-22(23)26)4-2-3-9-27-10-12-28(13-11-27)16-19-6-7-20(24)15-21(19)25/h5-8,14-15H,2-4,9-13,16-17H2,1H3. The molecule has 0 aliphatic carbocycles. The summed E-state index contributed by atoms with van der Waals surface area (Å²) in [7, 11) is 1.13. The summed E-state index contributed by atoms with van der Waals surface area (Å²) in [4.78, 5) is 8.11. The first-order valence-corrected chi connectivity index (χ1v) is 12.7. The molecule has 2 aromatic rings. The van der Waals surface area contributed by atoms with E-state index in [1.165, 1.54) is 18.4 Å². The highest BCUT2D eigenvalue weighted by Gasteiger charge is 2.22. The van der Waals surface area contributed by atoms with Crippen LogP contribution in [0, 0.1) is 0 Å². The van der Waals surface area contributed by atoms with Gasteiger partial charge in [0.05, 0.1) is 27.3 Å². The van der Waals surface area contributed by atoms with Crippen LogP contribution < -0.4 is 4.90 Å². The highest BCUT2D eigenvalue weighted by Crippen LogP contribution is 2.31. The molecule has 0 N–H and O–H groups in total. The third-order valence-corrected chi connectivity index (χ3v) is 8.08. The van der Waals surface area contributed by atoms with Crippen molar-refractivity contribution in [2.45, 2.75) is 30.7 Å². The van der Waals surface area contributed by atoms with Gasteiger partial charge in [0, 0.05) is 49.8 Å². The zero-order chi connectivity index (χ0) is 21.1. The van der Waals surface area contributed by atoms with Crippen molar-refractivity contribution < 1.29 is 4.21 Å². The maximum absolute atomic E-state index is 12.2. The van der Waals surface area contributed by atoms with E-state index in [9.17, 15) is 4.21 Å². The molecule has 0 amide bonds. The molecular formula is C23H29Cl2N3OS. The van der Waals surface area contributed by atoms with Gasteiger partial charge in [-0.05, 0) is 61.2 Å². The molecule has 2 aromatic carbocycles. The van der Waals surface area contributed by atoms with E-state index in [4.69, 9.17) is 23.2 Å². The molecule has 1 fully saturated rings. The summed E-state index contributed by atoms with van der Waals surface area (Å²) >= 11 is 12.3. The Hall–Kier alpha value is -1.11. The van der Waals surface area contributed by atoms with Gasteiger partial charge in [-0.2, -0.15) is 0 Å². The predicted octanol–water partition coefficient (Wildman–Crippen LogP) is 4.65. The Labute approximate surface area is 192 Å². The van der Waals surface area contributed by atoms with Crippen LogP contribution in [0.15, 0.2) is 41.3 Å². The Morgan fingerprint density at radius 3 is 2.50 bits per heavy atom. The molecule has 7 heteroatoms.